The number of halogens is 4. The molecule has 1 amide bonds. The van der Waals surface area contributed by atoms with Crippen molar-refractivity contribution in [3.8, 4) is 0 Å². The molecule has 122 valence electrons. The zero-order valence-electron chi connectivity index (χ0n) is 12.0. The van der Waals surface area contributed by atoms with Gasteiger partial charge in [-0.1, -0.05) is 18.0 Å². The lowest BCUT2D eigenvalue weighted by atomic mass is 10.0. The third kappa shape index (κ3) is 3.93. The second kappa shape index (κ2) is 6.87. The van der Waals surface area contributed by atoms with E-state index in [9.17, 15) is 18.0 Å². The average molecular weight is 336 g/mol. The van der Waals surface area contributed by atoms with Crippen LogP contribution in [0.5, 0.6) is 0 Å². The van der Waals surface area contributed by atoms with Gasteiger partial charge in [-0.05, 0) is 31.0 Å². The van der Waals surface area contributed by atoms with Crippen molar-refractivity contribution in [1.29, 1.82) is 0 Å². The number of alkyl halides is 3. The van der Waals surface area contributed by atoms with Gasteiger partial charge in [-0.25, -0.2) is 0 Å². The van der Waals surface area contributed by atoms with Crippen molar-refractivity contribution in [2.75, 3.05) is 13.7 Å². The maximum absolute atomic E-state index is 12.7. The summed E-state index contributed by atoms with van der Waals surface area (Å²) in [5.41, 5.74) is -1.04. The number of carbonyl (C=O) groups excluding carboxylic acids is 1. The smallest absolute Gasteiger partial charge is 0.384 e. The summed E-state index contributed by atoms with van der Waals surface area (Å²) in [7, 11) is 1.58. The van der Waals surface area contributed by atoms with E-state index in [0.29, 0.717) is 6.61 Å². The van der Waals surface area contributed by atoms with Gasteiger partial charge in [0.25, 0.3) is 5.91 Å². The fourth-order valence-electron chi connectivity index (χ4n) is 2.76. The van der Waals surface area contributed by atoms with Gasteiger partial charge in [0, 0.05) is 19.1 Å². The highest BCUT2D eigenvalue weighted by molar-refractivity contribution is 6.33. The molecule has 7 heteroatoms. The normalized spacial score (nSPS) is 21.9. The minimum atomic E-state index is -4.51. The summed E-state index contributed by atoms with van der Waals surface area (Å²) in [6, 6.07) is 2.65. The molecule has 1 N–H and O–H groups in total. The molecule has 0 aromatic heterocycles. The lowest BCUT2D eigenvalue weighted by Gasteiger charge is -2.21. The number of methoxy groups -OCH3 is 1. The summed E-state index contributed by atoms with van der Waals surface area (Å²) in [6.45, 7) is 0.515. The Labute approximate surface area is 131 Å². The Bertz CT molecular complexity index is 548. The van der Waals surface area contributed by atoms with Gasteiger partial charge in [0.05, 0.1) is 22.8 Å². The minimum Gasteiger partial charge on any atom is -0.384 e. The number of benzene rings is 1. The Morgan fingerprint density at radius 2 is 2.14 bits per heavy atom. The third-order valence-electron chi connectivity index (χ3n) is 3.89. The lowest BCUT2D eigenvalue weighted by molar-refractivity contribution is -0.137. The lowest BCUT2D eigenvalue weighted by Crippen LogP contribution is -2.39. The minimum absolute atomic E-state index is 0.00629. The number of ether oxygens (including phenoxy) is 1. The van der Waals surface area contributed by atoms with Gasteiger partial charge < -0.3 is 10.1 Å². The van der Waals surface area contributed by atoms with E-state index >= 15 is 0 Å². The number of rotatable bonds is 4. The summed E-state index contributed by atoms with van der Waals surface area (Å²) in [5, 5.41) is 2.79. The number of hydrogen-bond donors (Lipinski definition) is 1. The predicted octanol–water partition coefficient (Wildman–Crippen LogP) is 3.90. The molecule has 2 atom stereocenters. The fraction of sp³-hybridized carbons (Fsp3) is 0.533. The first-order valence-corrected chi connectivity index (χ1v) is 7.37. The number of amides is 1. The van der Waals surface area contributed by atoms with E-state index < -0.39 is 17.6 Å². The second-order valence-corrected chi connectivity index (χ2v) is 5.83. The third-order valence-corrected chi connectivity index (χ3v) is 4.22. The first-order valence-electron chi connectivity index (χ1n) is 6.99. The van der Waals surface area contributed by atoms with Crippen molar-refractivity contribution in [2.45, 2.75) is 31.5 Å². The molecular weight excluding hydrogens is 319 g/mol. The molecule has 22 heavy (non-hydrogen) atoms. The molecule has 0 radical (unpaired) electrons. The Hall–Kier alpha value is -1.27. The summed E-state index contributed by atoms with van der Waals surface area (Å²) in [6.07, 6.45) is -1.84. The number of hydrogen-bond acceptors (Lipinski definition) is 2. The van der Waals surface area contributed by atoms with E-state index in [4.69, 9.17) is 16.3 Å². The van der Waals surface area contributed by atoms with Gasteiger partial charge in [-0.3, -0.25) is 4.79 Å². The van der Waals surface area contributed by atoms with Crippen LogP contribution in [0.3, 0.4) is 0 Å². The van der Waals surface area contributed by atoms with Crippen molar-refractivity contribution < 1.29 is 22.7 Å². The van der Waals surface area contributed by atoms with E-state index in [2.05, 4.69) is 5.32 Å². The topological polar surface area (TPSA) is 38.3 Å². The van der Waals surface area contributed by atoms with E-state index in [1.165, 1.54) is 0 Å². The van der Waals surface area contributed by atoms with Crippen LogP contribution in [-0.4, -0.2) is 25.7 Å². The zero-order chi connectivity index (χ0) is 16.3. The van der Waals surface area contributed by atoms with Crippen molar-refractivity contribution in [3.05, 3.63) is 34.3 Å². The van der Waals surface area contributed by atoms with Crippen LogP contribution >= 0.6 is 11.6 Å². The largest absolute Gasteiger partial charge is 0.416 e. The van der Waals surface area contributed by atoms with Crippen molar-refractivity contribution in [2.24, 2.45) is 5.92 Å². The molecule has 1 aromatic rings. The van der Waals surface area contributed by atoms with Crippen LogP contribution in [0.4, 0.5) is 13.2 Å². The molecule has 0 spiro atoms. The first-order chi connectivity index (χ1) is 10.3. The summed E-state index contributed by atoms with van der Waals surface area (Å²) < 4.78 is 43.3. The van der Waals surface area contributed by atoms with Gasteiger partial charge in [-0.2, -0.15) is 13.2 Å². The predicted molar refractivity (Wildman–Crippen MR) is 76.9 cm³/mol. The standard InChI is InChI=1S/C15H17ClF3NO2/c1-22-8-9-3-2-4-13(9)20-14(21)11-7-10(15(17,18)19)5-6-12(11)16/h5-7,9,13H,2-4,8H2,1H3,(H,20,21)/t9-,13-/m0/s1. The van der Waals surface area contributed by atoms with Crippen LogP contribution < -0.4 is 5.32 Å². The highest BCUT2D eigenvalue weighted by Gasteiger charge is 2.33. The van der Waals surface area contributed by atoms with Crippen molar-refractivity contribution >= 4 is 17.5 Å². The van der Waals surface area contributed by atoms with Crippen LogP contribution in [0.2, 0.25) is 5.02 Å². The second-order valence-electron chi connectivity index (χ2n) is 5.42. The Morgan fingerprint density at radius 3 is 2.77 bits per heavy atom. The van der Waals surface area contributed by atoms with Crippen molar-refractivity contribution in [3.63, 3.8) is 0 Å². The molecular formula is C15H17ClF3NO2. The molecule has 0 aliphatic heterocycles. The van der Waals surface area contributed by atoms with Crippen LogP contribution in [0.1, 0.15) is 35.2 Å². The maximum Gasteiger partial charge on any atom is 0.416 e. The van der Waals surface area contributed by atoms with E-state index in [1.807, 2.05) is 0 Å². The van der Waals surface area contributed by atoms with Crippen LogP contribution in [-0.2, 0) is 10.9 Å². The van der Waals surface area contributed by atoms with Crippen molar-refractivity contribution in [1.82, 2.24) is 5.32 Å². The summed E-state index contributed by atoms with van der Waals surface area (Å²) >= 11 is 5.87. The zero-order valence-corrected chi connectivity index (χ0v) is 12.8. The molecule has 1 aliphatic carbocycles. The van der Waals surface area contributed by atoms with Gasteiger partial charge in [-0.15, -0.1) is 0 Å². The SMILES string of the molecule is COC[C@@H]1CCC[C@@H]1NC(=O)c1cc(C(F)(F)F)ccc1Cl. The first kappa shape index (κ1) is 17.1. The molecule has 0 unspecified atom stereocenters. The molecule has 0 bridgehead atoms. The monoisotopic (exact) mass is 335 g/mol. The summed E-state index contributed by atoms with van der Waals surface area (Å²) in [5.74, 6) is -0.400. The molecule has 3 nitrogen and oxygen atoms in total. The van der Waals surface area contributed by atoms with Crippen LogP contribution in [0.15, 0.2) is 18.2 Å². The Kier molecular flexibility index (Phi) is 5.34. The molecule has 0 saturated heterocycles. The molecule has 1 saturated carbocycles. The highest BCUT2D eigenvalue weighted by Crippen LogP contribution is 2.32. The number of nitrogens with one attached hydrogen (secondary N) is 1. The van der Waals surface area contributed by atoms with Gasteiger partial charge in [0.2, 0.25) is 0 Å². The van der Waals surface area contributed by atoms with E-state index in [-0.39, 0.29) is 22.5 Å². The molecule has 1 fully saturated rings. The molecule has 1 aliphatic rings. The van der Waals surface area contributed by atoms with E-state index in [1.54, 1.807) is 7.11 Å². The average Bonchev–Trinajstić information content (AvgIpc) is 2.85. The Morgan fingerprint density at radius 1 is 1.41 bits per heavy atom. The Balaban J connectivity index is 2.15. The fourth-order valence-corrected chi connectivity index (χ4v) is 2.97. The summed E-state index contributed by atoms with van der Waals surface area (Å²) in [4.78, 5) is 12.2. The van der Waals surface area contributed by atoms with E-state index in [0.717, 1.165) is 37.5 Å². The maximum atomic E-state index is 12.7. The highest BCUT2D eigenvalue weighted by atomic mass is 35.5. The van der Waals surface area contributed by atoms with Crippen LogP contribution in [0.25, 0.3) is 0 Å². The van der Waals surface area contributed by atoms with Gasteiger partial charge >= 0.3 is 6.18 Å². The molecule has 2 rings (SSSR count). The molecule has 1 aromatic carbocycles. The van der Waals surface area contributed by atoms with Crippen LogP contribution in [0, 0.1) is 5.92 Å². The molecule has 0 heterocycles. The van der Waals surface area contributed by atoms with Gasteiger partial charge in [0.1, 0.15) is 0 Å². The number of carbonyl (C=O) groups is 1. The quantitative estimate of drug-likeness (QED) is 0.906. The van der Waals surface area contributed by atoms with Gasteiger partial charge in [0.15, 0.2) is 0 Å².